The number of nitro benzene ring substituents is 2. The van der Waals surface area contributed by atoms with Gasteiger partial charge in [0.05, 0.1) is 14.7 Å². The van der Waals surface area contributed by atoms with Crippen LogP contribution in [0, 0.1) is 20.2 Å². The number of nitro groups is 2. The lowest BCUT2D eigenvalue weighted by Gasteiger charge is -2.02. The van der Waals surface area contributed by atoms with Gasteiger partial charge in [0, 0.05) is 12.1 Å². The van der Waals surface area contributed by atoms with E-state index in [1.165, 1.54) is 0 Å². The number of benzene rings is 1. The smallest absolute Gasteiger partial charge is 0.319 e. The number of phenols is 1. The van der Waals surface area contributed by atoms with E-state index in [4.69, 9.17) is 11.6 Å². The second-order valence-corrected chi connectivity index (χ2v) is 5.62. The monoisotopic (exact) mass is 296 g/mol. The second-order valence-electron chi connectivity index (χ2n) is 3.05. The van der Waals surface area contributed by atoms with Crippen molar-refractivity contribution < 1.29 is 23.4 Å². The summed E-state index contributed by atoms with van der Waals surface area (Å²) in [6, 6.07) is 1.03. The second kappa shape index (κ2) is 4.74. The highest BCUT2D eigenvalue weighted by molar-refractivity contribution is 7.92. The SMILES string of the molecule is O=[N+]([O-])c1cc(S(=O)(=O)CCl)cc([N+](=O)[O-])c1O. The van der Waals surface area contributed by atoms with E-state index in [1.807, 2.05) is 0 Å². The number of aromatic hydroxyl groups is 1. The van der Waals surface area contributed by atoms with Crippen LogP contribution < -0.4 is 0 Å². The topological polar surface area (TPSA) is 141 Å². The Labute approximate surface area is 105 Å². The normalized spacial score (nSPS) is 11.2. The van der Waals surface area contributed by atoms with E-state index in [1.54, 1.807) is 0 Å². The number of alkyl halides is 1. The molecule has 1 aromatic carbocycles. The highest BCUT2D eigenvalue weighted by atomic mass is 35.5. The molecule has 0 fully saturated rings. The van der Waals surface area contributed by atoms with E-state index in [2.05, 4.69) is 0 Å². The lowest BCUT2D eigenvalue weighted by atomic mass is 10.2. The third-order valence-electron chi connectivity index (χ3n) is 1.94. The number of phenolic OH excluding ortho intramolecular Hbond substituents is 1. The Kier molecular flexibility index (Phi) is 3.72. The Bertz CT molecular complexity index is 592. The Balaban J connectivity index is 3.69. The lowest BCUT2D eigenvalue weighted by molar-refractivity contribution is -0.396. The fraction of sp³-hybridized carbons (Fsp3) is 0.143. The summed E-state index contributed by atoms with van der Waals surface area (Å²) in [5, 5.41) is 29.5. The molecule has 0 radical (unpaired) electrons. The number of nitrogens with zero attached hydrogens (tertiary/aromatic N) is 2. The summed E-state index contributed by atoms with van der Waals surface area (Å²) in [5.74, 6) is -1.21. The molecule has 0 atom stereocenters. The van der Waals surface area contributed by atoms with Gasteiger partial charge in [0.1, 0.15) is 5.21 Å². The molecule has 0 amide bonds. The van der Waals surface area contributed by atoms with Crippen LogP contribution in [0.15, 0.2) is 17.0 Å². The van der Waals surface area contributed by atoms with Gasteiger partial charge in [-0.1, -0.05) is 0 Å². The molecule has 1 rings (SSSR count). The van der Waals surface area contributed by atoms with Crippen molar-refractivity contribution in [2.75, 3.05) is 5.21 Å². The zero-order chi connectivity index (χ0) is 14.1. The first-order valence-electron chi connectivity index (χ1n) is 4.15. The van der Waals surface area contributed by atoms with Crippen LogP contribution in [0.25, 0.3) is 0 Å². The fourth-order valence-electron chi connectivity index (χ4n) is 1.10. The molecule has 98 valence electrons. The van der Waals surface area contributed by atoms with E-state index in [-0.39, 0.29) is 0 Å². The van der Waals surface area contributed by atoms with Gasteiger partial charge in [-0.15, -0.1) is 11.6 Å². The Hall–Kier alpha value is -1.94. The van der Waals surface area contributed by atoms with Crippen molar-refractivity contribution in [1.29, 1.82) is 0 Å². The molecule has 0 aliphatic rings. The quantitative estimate of drug-likeness (QED) is 0.499. The van der Waals surface area contributed by atoms with Gasteiger partial charge in [0.25, 0.3) is 5.75 Å². The van der Waals surface area contributed by atoms with E-state index >= 15 is 0 Å². The molecule has 1 aromatic rings. The van der Waals surface area contributed by atoms with Crippen molar-refractivity contribution in [1.82, 2.24) is 0 Å². The zero-order valence-electron chi connectivity index (χ0n) is 8.44. The molecular formula is C7H5ClN2O7S. The first-order chi connectivity index (χ1) is 8.20. The van der Waals surface area contributed by atoms with Crippen molar-refractivity contribution in [2.24, 2.45) is 0 Å². The minimum atomic E-state index is -4.08. The molecule has 0 bridgehead atoms. The Morgan fingerprint density at radius 3 is 1.83 bits per heavy atom. The molecule has 0 unspecified atom stereocenters. The molecule has 0 saturated heterocycles. The van der Waals surface area contributed by atoms with Gasteiger partial charge >= 0.3 is 11.4 Å². The van der Waals surface area contributed by atoms with Crippen LogP contribution in [0.4, 0.5) is 11.4 Å². The molecule has 0 aliphatic carbocycles. The van der Waals surface area contributed by atoms with Gasteiger partial charge in [-0.05, 0) is 0 Å². The number of sulfone groups is 1. The van der Waals surface area contributed by atoms with Crippen molar-refractivity contribution in [3.05, 3.63) is 32.4 Å². The zero-order valence-corrected chi connectivity index (χ0v) is 10.0. The third kappa shape index (κ3) is 2.49. The average Bonchev–Trinajstić information content (AvgIpc) is 2.28. The predicted octanol–water partition coefficient (Wildman–Crippen LogP) is 1.18. The van der Waals surface area contributed by atoms with Crippen molar-refractivity contribution in [2.45, 2.75) is 4.90 Å². The largest absolute Gasteiger partial charge is 0.497 e. The summed E-state index contributed by atoms with van der Waals surface area (Å²) in [4.78, 5) is 18.2. The number of rotatable bonds is 4. The fourth-order valence-corrected chi connectivity index (χ4v) is 2.19. The van der Waals surface area contributed by atoms with Crippen LogP contribution in [0.5, 0.6) is 5.75 Å². The minimum Gasteiger partial charge on any atom is -0.497 e. The summed E-state index contributed by atoms with van der Waals surface area (Å²) >= 11 is 5.14. The summed E-state index contributed by atoms with van der Waals surface area (Å²) in [6.45, 7) is 0. The first kappa shape index (κ1) is 14.1. The molecule has 11 heteroatoms. The number of hydrogen-bond donors (Lipinski definition) is 1. The maximum atomic E-state index is 11.4. The molecule has 0 saturated carbocycles. The Morgan fingerprint density at radius 1 is 1.17 bits per heavy atom. The van der Waals surface area contributed by atoms with Crippen LogP contribution in [0.1, 0.15) is 0 Å². The van der Waals surface area contributed by atoms with Crippen LogP contribution in [0.3, 0.4) is 0 Å². The van der Waals surface area contributed by atoms with Gasteiger partial charge in [-0.2, -0.15) is 0 Å². The number of halogens is 1. The van der Waals surface area contributed by atoms with E-state index in [0.717, 1.165) is 0 Å². The third-order valence-corrected chi connectivity index (χ3v) is 4.04. The van der Waals surface area contributed by atoms with Gasteiger partial charge in [0.15, 0.2) is 9.84 Å². The molecule has 1 N–H and O–H groups in total. The van der Waals surface area contributed by atoms with Crippen molar-refractivity contribution in [3.63, 3.8) is 0 Å². The average molecular weight is 297 g/mol. The van der Waals surface area contributed by atoms with Gasteiger partial charge < -0.3 is 5.11 Å². The minimum absolute atomic E-state index is 0.514. The summed E-state index contributed by atoms with van der Waals surface area (Å²) in [5.41, 5.74) is -2.15. The molecular weight excluding hydrogens is 292 g/mol. The highest BCUT2D eigenvalue weighted by Gasteiger charge is 2.29. The maximum absolute atomic E-state index is 11.4. The van der Waals surface area contributed by atoms with Crippen molar-refractivity contribution in [3.8, 4) is 5.75 Å². The highest BCUT2D eigenvalue weighted by Crippen LogP contribution is 2.38. The molecule has 18 heavy (non-hydrogen) atoms. The van der Waals surface area contributed by atoms with Gasteiger partial charge in [0.2, 0.25) is 0 Å². The van der Waals surface area contributed by atoms with Crippen LogP contribution in [-0.4, -0.2) is 28.6 Å². The summed E-state index contributed by atoms with van der Waals surface area (Å²) < 4.78 is 22.8. The number of hydrogen-bond acceptors (Lipinski definition) is 7. The molecule has 0 spiro atoms. The Morgan fingerprint density at radius 2 is 1.56 bits per heavy atom. The van der Waals surface area contributed by atoms with Gasteiger partial charge in [-0.25, -0.2) is 8.42 Å². The van der Waals surface area contributed by atoms with E-state index in [0.29, 0.717) is 12.1 Å². The molecule has 0 heterocycles. The molecule has 0 aliphatic heterocycles. The van der Waals surface area contributed by atoms with Crippen LogP contribution in [-0.2, 0) is 9.84 Å². The van der Waals surface area contributed by atoms with Crippen molar-refractivity contribution >= 4 is 32.8 Å². The standard InChI is InChI=1S/C7H5ClN2O7S/c8-3-18(16,17)4-1-5(9(12)13)7(11)6(2-4)10(14)15/h1-2,11H,3H2. The first-order valence-corrected chi connectivity index (χ1v) is 6.34. The maximum Gasteiger partial charge on any atom is 0.319 e. The lowest BCUT2D eigenvalue weighted by Crippen LogP contribution is -2.04. The summed E-state index contributed by atoms with van der Waals surface area (Å²) in [7, 11) is -4.08. The molecule has 9 nitrogen and oxygen atoms in total. The molecule has 0 aromatic heterocycles. The van der Waals surface area contributed by atoms with E-state index in [9.17, 15) is 33.8 Å². The van der Waals surface area contributed by atoms with Gasteiger partial charge in [-0.3, -0.25) is 20.2 Å². The van der Waals surface area contributed by atoms with Crippen LogP contribution in [0.2, 0.25) is 0 Å². The predicted molar refractivity (Wildman–Crippen MR) is 59.3 cm³/mol. The van der Waals surface area contributed by atoms with E-state index < -0.39 is 46.9 Å². The van der Waals surface area contributed by atoms with Crippen LogP contribution >= 0.6 is 11.6 Å². The summed E-state index contributed by atoms with van der Waals surface area (Å²) in [6.07, 6.45) is 0.